The van der Waals surface area contributed by atoms with Crippen molar-refractivity contribution in [2.75, 3.05) is 37.8 Å². The summed E-state index contributed by atoms with van der Waals surface area (Å²) in [6.45, 7) is 9.25. The van der Waals surface area contributed by atoms with E-state index in [4.69, 9.17) is 9.47 Å². The van der Waals surface area contributed by atoms with Gasteiger partial charge in [-0.15, -0.1) is 0 Å². The van der Waals surface area contributed by atoms with E-state index < -0.39 is 22.4 Å². The Morgan fingerprint density at radius 3 is 1.66 bits per heavy atom. The summed E-state index contributed by atoms with van der Waals surface area (Å²) in [7, 11) is -1.17. The number of amides is 2. The van der Waals surface area contributed by atoms with E-state index in [1.165, 1.54) is 33.9 Å². The summed E-state index contributed by atoms with van der Waals surface area (Å²) in [6, 6.07) is 19.8. The highest BCUT2D eigenvalue weighted by Crippen LogP contribution is 2.27. The fourth-order valence-electron chi connectivity index (χ4n) is 6.46. The molecule has 61 heavy (non-hydrogen) atoms. The number of rotatable bonds is 10. The maximum Gasteiger partial charge on any atom is 0.256 e. The molecule has 0 aliphatic carbocycles. The average molecular weight is 873 g/mol. The molecule has 4 aromatic heterocycles. The first kappa shape index (κ1) is 44.5. The molecule has 8 rings (SSSR count). The van der Waals surface area contributed by atoms with Gasteiger partial charge >= 0.3 is 0 Å². The Bertz CT molecular complexity index is 2340. The summed E-state index contributed by atoms with van der Waals surface area (Å²) in [5.41, 5.74) is 2.25. The first-order chi connectivity index (χ1) is 29.6. The summed E-state index contributed by atoms with van der Waals surface area (Å²) in [5.74, 6) is 0.670. The highest BCUT2D eigenvalue weighted by molar-refractivity contribution is 8.00. The lowest BCUT2D eigenvalue weighted by Gasteiger charge is -2.37. The number of carbonyl (C=O) groups is 2. The molecule has 320 valence electrons. The summed E-state index contributed by atoms with van der Waals surface area (Å²) in [4.78, 5) is 40.9. The number of pyridine rings is 2. The minimum Gasteiger partial charge on any atom is -0.476 e. The maximum absolute atomic E-state index is 13.4. The molecule has 6 heterocycles. The van der Waals surface area contributed by atoms with E-state index >= 15 is 0 Å². The van der Waals surface area contributed by atoms with Crippen LogP contribution < -0.4 is 9.47 Å². The van der Waals surface area contributed by atoms with Crippen molar-refractivity contribution in [2.24, 2.45) is 0 Å². The number of hydrogen-bond acceptors (Lipinski definition) is 12. The van der Waals surface area contributed by atoms with Crippen molar-refractivity contribution in [2.45, 2.75) is 50.3 Å². The number of aromatic nitrogens is 8. The molecule has 0 saturated carbocycles. The van der Waals surface area contributed by atoms with E-state index in [-0.39, 0.29) is 53.4 Å². The van der Waals surface area contributed by atoms with Crippen molar-refractivity contribution in [1.82, 2.24) is 49.8 Å². The van der Waals surface area contributed by atoms with Gasteiger partial charge in [-0.2, -0.15) is 41.7 Å². The summed E-state index contributed by atoms with van der Waals surface area (Å²) >= 11 is 1.76. The fraction of sp³-hybridized carbons (Fsp3) is 0.333. The first-order valence-corrected chi connectivity index (χ1v) is 22.1. The molecule has 0 bridgehead atoms. The maximum atomic E-state index is 13.4. The molecule has 6 aromatic rings. The van der Waals surface area contributed by atoms with E-state index in [0.29, 0.717) is 47.3 Å². The summed E-state index contributed by atoms with van der Waals surface area (Å²) < 4.78 is 49.9. The predicted octanol–water partition coefficient (Wildman–Crippen LogP) is 5.69. The number of hydrogen-bond donors (Lipinski definition) is 0. The second-order valence-electron chi connectivity index (χ2n) is 13.7. The fourth-order valence-corrected chi connectivity index (χ4v) is 9.09. The van der Waals surface area contributed by atoms with Crippen LogP contribution in [0.3, 0.4) is 0 Å². The first-order valence-electron chi connectivity index (χ1n) is 19.7. The van der Waals surface area contributed by atoms with Gasteiger partial charge in [-0.05, 0) is 50.2 Å². The van der Waals surface area contributed by atoms with Crippen LogP contribution in [-0.4, -0.2) is 126 Å². The van der Waals surface area contributed by atoms with Crippen molar-refractivity contribution in [1.29, 1.82) is 0 Å². The van der Waals surface area contributed by atoms with Crippen LogP contribution in [0.25, 0.3) is 11.4 Å². The van der Waals surface area contributed by atoms with Gasteiger partial charge in [0.1, 0.15) is 24.8 Å². The van der Waals surface area contributed by atoms with Crippen LogP contribution >= 0.6 is 11.8 Å². The zero-order valence-corrected chi connectivity index (χ0v) is 35.7. The number of carbonyl (C=O) groups excluding carboxylic acids is 2. The molecule has 2 amide bonds. The molecular formula is C42H46F2N10O5S2. The van der Waals surface area contributed by atoms with Crippen molar-refractivity contribution in [3.05, 3.63) is 133 Å². The monoisotopic (exact) mass is 872 g/mol. The minimum absolute atomic E-state index is 0.0596. The van der Waals surface area contributed by atoms with Gasteiger partial charge in [0.05, 0.1) is 70.2 Å². The zero-order valence-electron chi connectivity index (χ0n) is 34.0. The average Bonchev–Trinajstić information content (AvgIpc) is 4.04. The lowest BCUT2D eigenvalue weighted by atomic mass is 10.1. The van der Waals surface area contributed by atoms with E-state index in [9.17, 15) is 22.6 Å². The molecule has 2 aliphatic heterocycles. The molecule has 2 saturated heterocycles. The van der Waals surface area contributed by atoms with Gasteiger partial charge in [-0.1, -0.05) is 38.1 Å². The van der Waals surface area contributed by atoms with Crippen molar-refractivity contribution in [3.63, 3.8) is 0 Å². The van der Waals surface area contributed by atoms with Crippen molar-refractivity contribution in [3.8, 4) is 23.1 Å². The van der Waals surface area contributed by atoms with Gasteiger partial charge in [0, 0.05) is 59.6 Å². The summed E-state index contributed by atoms with van der Waals surface area (Å²) in [6.07, 6.45) is 8.44. The molecule has 5 atom stereocenters. The lowest BCUT2D eigenvalue weighted by molar-refractivity contribution is 0.0681. The molecule has 0 radical (unpaired) electrons. The number of benzene rings is 2. The van der Waals surface area contributed by atoms with Gasteiger partial charge in [-0.3, -0.25) is 13.8 Å². The molecule has 2 fully saturated rings. The SMILES string of the molecule is CC.C[C@@H]1CS(=O)C(COc2ccc(F)cn2)CN1C(=O)c1ccccc1-n1nccn1.C[C@@H]1CSC(COc2ccc(F)cn2)CN1C(=O)c1ccccc1-n1nccn1. The van der Waals surface area contributed by atoms with Crippen LogP contribution in [-0.2, 0) is 10.8 Å². The second kappa shape index (κ2) is 21.4. The molecule has 15 nitrogen and oxygen atoms in total. The Morgan fingerprint density at radius 2 is 1.16 bits per heavy atom. The van der Waals surface area contributed by atoms with Gasteiger partial charge in [0.2, 0.25) is 11.8 Å². The molecule has 0 spiro atoms. The largest absolute Gasteiger partial charge is 0.476 e. The van der Waals surface area contributed by atoms with Crippen LogP contribution in [0, 0.1) is 11.6 Å². The standard InChI is InChI=1S/C20H20FN5O3S.C20H20FN5O2S.C2H6/c1-14-13-30(28)16(12-29-19-7-6-15(21)10-22-19)11-25(14)20(27)17-4-2-3-5-18(17)26-23-8-9-24-26;1-14-13-29-16(12-28-19-7-6-15(21)10-22-19)11-25(14)20(27)17-4-2-3-5-18(17)26-23-8-9-24-26;1-2/h2-10,14,16H,11-13H2,1H3;2-10,14,16H,11-13H2,1H3;1-2H3/t14-,16?,30?;14-,16?;/m11./s1. The van der Waals surface area contributed by atoms with E-state index in [1.54, 1.807) is 65.7 Å². The van der Waals surface area contributed by atoms with Crippen molar-refractivity contribution < 1.29 is 32.1 Å². The minimum atomic E-state index is -1.17. The third-order valence-electron chi connectivity index (χ3n) is 9.51. The Kier molecular flexibility index (Phi) is 15.6. The Hall–Kier alpha value is -6.08. The normalized spacial score (nSPS) is 19.7. The molecule has 19 heteroatoms. The number of nitrogens with zero attached hydrogens (tertiary/aromatic N) is 10. The zero-order chi connectivity index (χ0) is 43.3. The van der Waals surface area contributed by atoms with Crippen molar-refractivity contribution >= 4 is 34.4 Å². The molecular weight excluding hydrogens is 827 g/mol. The van der Waals surface area contributed by atoms with E-state index in [0.717, 1.165) is 18.1 Å². The molecule has 0 N–H and O–H groups in total. The Morgan fingerprint density at radius 1 is 0.689 bits per heavy atom. The predicted molar refractivity (Wildman–Crippen MR) is 227 cm³/mol. The highest BCUT2D eigenvalue weighted by atomic mass is 32.2. The number of halogens is 2. The second-order valence-corrected chi connectivity index (χ2v) is 16.8. The molecule has 3 unspecified atom stereocenters. The quantitative estimate of drug-likeness (QED) is 0.166. The van der Waals surface area contributed by atoms with Crippen LogP contribution in [0.1, 0.15) is 48.4 Å². The van der Waals surface area contributed by atoms with Gasteiger partial charge in [-0.25, -0.2) is 18.7 Å². The Balaban J connectivity index is 0.000000196. The Labute approximate surface area is 358 Å². The topological polar surface area (TPSA) is 163 Å². The van der Waals surface area contributed by atoms with E-state index in [1.807, 2.05) is 56.9 Å². The van der Waals surface area contributed by atoms with E-state index in [2.05, 4.69) is 30.4 Å². The smallest absolute Gasteiger partial charge is 0.256 e. The van der Waals surface area contributed by atoms with Crippen LogP contribution in [0.5, 0.6) is 11.8 Å². The van der Waals surface area contributed by atoms with Gasteiger partial charge in [0.15, 0.2) is 0 Å². The number of para-hydroxylation sites is 2. The third kappa shape index (κ3) is 11.4. The number of ether oxygens (including phenoxy) is 2. The van der Waals surface area contributed by atoms with Crippen LogP contribution in [0.2, 0.25) is 0 Å². The van der Waals surface area contributed by atoms with Gasteiger partial charge < -0.3 is 19.3 Å². The number of thioether (sulfide) groups is 1. The van der Waals surface area contributed by atoms with Crippen LogP contribution in [0.4, 0.5) is 8.78 Å². The third-order valence-corrected chi connectivity index (χ3v) is 12.8. The van der Waals surface area contributed by atoms with Gasteiger partial charge in [0.25, 0.3) is 11.8 Å². The van der Waals surface area contributed by atoms with Crippen LogP contribution in [0.15, 0.2) is 110 Å². The summed E-state index contributed by atoms with van der Waals surface area (Å²) in [5, 5.41) is 16.3. The highest BCUT2D eigenvalue weighted by Gasteiger charge is 2.36. The lowest BCUT2D eigenvalue weighted by Crippen LogP contribution is -2.53. The molecule has 2 aromatic carbocycles. The molecule has 2 aliphatic rings.